The third-order valence-corrected chi connectivity index (χ3v) is 5.34. The molecule has 1 heterocycles. The number of nitrogens with one attached hydrogen (secondary N) is 1. The molecule has 0 aromatic heterocycles. The lowest BCUT2D eigenvalue weighted by molar-refractivity contribution is -0.167. The van der Waals surface area contributed by atoms with Gasteiger partial charge in [0.05, 0.1) is 6.61 Å². The van der Waals surface area contributed by atoms with E-state index in [2.05, 4.69) is 19.2 Å². The van der Waals surface area contributed by atoms with Gasteiger partial charge in [0.2, 0.25) is 0 Å². The summed E-state index contributed by atoms with van der Waals surface area (Å²) in [5, 5.41) is 3.89. The van der Waals surface area contributed by atoms with Gasteiger partial charge in [-0.05, 0) is 49.9 Å². The molecule has 1 aliphatic heterocycles. The SMILES string of the molecule is CC1(C)CCC2(CC1)NC1CCCCC1CO2. The topological polar surface area (TPSA) is 21.3 Å². The van der Waals surface area contributed by atoms with Crippen LogP contribution in [0.1, 0.15) is 65.2 Å². The zero-order valence-electron chi connectivity index (χ0n) is 11.4. The first-order valence-corrected chi connectivity index (χ1v) is 7.50. The lowest BCUT2D eigenvalue weighted by Crippen LogP contribution is -2.62. The van der Waals surface area contributed by atoms with Gasteiger partial charge in [-0.2, -0.15) is 0 Å². The zero-order valence-corrected chi connectivity index (χ0v) is 11.4. The second-order valence-corrected chi connectivity index (χ2v) is 7.26. The van der Waals surface area contributed by atoms with Crippen molar-refractivity contribution in [3.63, 3.8) is 0 Å². The molecular weight excluding hydrogens is 210 g/mol. The molecule has 0 aromatic rings. The Morgan fingerprint density at radius 2 is 1.71 bits per heavy atom. The summed E-state index contributed by atoms with van der Waals surface area (Å²) in [6.45, 7) is 5.80. The molecule has 17 heavy (non-hydrogen) atoms. The molecule has 1 spiro atoms. The summed E-state index contributed by atoms with van der Waals surface area (Å²) in [6, 6.07) is 0.749. The monoisotopic (exact) mass is 237 g/mol. The van der Waals surface area contributed by atoms with Crippen LogP contribution in [-0.4, -0.2) is 18.4 Å². The van der Waals surface area contributed by atoms with Crippen molar-refractivity contribution < 1.29 is 4.74 Å². The molecule has 2 heteroatoms. The van der Waals surface area contributed by atoms with Crippen molar-refractivity contribution in [1.82, 2.24) is 5.32 Å². The van der Waals surface area contributed by atoms with Crippen molar-refractivity contribution in [1.29, 1.82) is 0 Å². The molecule has 2 unspecified atom stereocenters. The minimum absolute atomic E-state index is 0.0496. The molecule has 1 saturated heterocycles. The van der Waals surface area contributed by atoms with Gasteiger partial charge in [0.1, 0.15) is 5.72 Å². The summed E-state index contributed by atoms with van der Waals surface area (Å²) in [6.07, 6.45) is 10.6. The third-order valence-electron chi connectivity index (χ3n) is 5.34. The van der Waals surface area contributed by atoms with Gasteiger partial charge in [0, 0.05) is 6.04 Å². The fraction of sp³-hybridized carbons (Fsp3) is 1.00. The zero-order chi connectivity index (χ0) is 11.9. The summed E-state index contributed by atoms with van der Waals surface area (Å²) < 4.78 is 6.26. The van der Waals surface area contributed by atoms with Crippen LogP contribution in [0, 0.1) is 11.3 Å². The van der Waals surface area contributed by atoms with Crippen LogP contribution in [0.3, 0.4) is 0 Å². The second-order valence-electron chi connectivity index (χ2n) is 7.26. The van der Waals surface area contributed by atoms with E-state index in [-0.39, 0.29) is 5.72 Å². The van der Waals surface area contributed by atoms with E-state index in [9.17, 15) is 0 Å². The molecule has 3 aliphatic rings. The van der Waals surface area contributed by atoms with Crippen LogP contribution in [-0.2, 0) is 4.74 Å². The minimum Gasteiger partial charge on any atom is -0.360 e. The van der Waals surface area contributed by atoms with Crippen LogP contribution in [0.15, 0.2) is 0 Å². The fourth-order valence-corrected chi connectivity index (χ4v) is 3.86. The van der Waals surface area contributed by atoms with E-state index in [0.29, 0.717) is 5.41 Å². The van der Waals surface area contributed by atoms with Gasteiger partial charge in [0.15, 0.2) is 0 Å². The van der Waals surface area contributed by atoms with E-state index >= 15 is 0 Å². The second kappa shape index (κ2) is 4.24. The Morgan fingerprint density at radius 3 is 2.47 bits per heavy atom. The Balaban J connectivity index is 1.65. The standard InChI is InChI=1S/C15H27NO/c1-14(2)7-9-15(10-8-14)16-13-6-4-3-5-12(13)11-17-15/h12-13,16H,3-11H2,1-2H3. The molecule has 98 valence electrons. The molecule has 0 aromatic carbocycles. The third kappa shape index (κ3) is 2.39. The summed E-state index contributed by atoms with van der Waals surface area (Å²) in [7, 11) is 0. The molecule has 2 aliphatic carbocycles. The maximum absolute atomic E-state index is 6.26. The van der Waals surface area contributed by atoms with E-state index in [4.69, 9.17) is 4.74 Å². The summed E-state index contributed by atoms with van der Waals surface area (Å²) in [5.41, 5.74) is 0.577. The Hall–Kier alpha value is -0.0800. The van der Waals surface area contributed by atoms with Gasteiger partial charge < -0.3 is 4.74 Å². The number of hydrogen-bond donors (Lipinski definition) is 1. The van der Waals surface area contributed by atoms with E-state index in [0.717, 1.165) is 18.6 Å². The highest BCUT2D eigenvalue weighted by Gasteiger charge is 2.45. The van der Waals surface area contributed by atoms with Gasteiger partial charge in [-0.15, -0.1) is 0 Å². The van der Waals surface area contributed by atoms with E-state index < -0.39 is 0 Å². The first-order valence-electron chi connectivity index (χ1n) is 7.50. The number of fused-ring (bicyclic) bond motifs is 1. The molecule has 0 bridgehead atoms. The highest BCUT2D eigenvalue weighted by atomic mass is 16.5. The van der Waals surface area contributed by atoms with Crippen LogP contribution in [0.25, 0.3) is 0 Å². The fourth-order valence-electron chi connectivity index (χ4n) is 3.86. The van der Waals surface area contributed by atoms with Crippen molar-refractivity contribution >= 4 is 0 Å². The van der Waals surface area contributed by atoms with Crippen molar-refractivity contribution in [3.8, 4) is 0 Å². The minimum atomic E-state index is 0.0496. The number of ether oxygens (including phenoxy) is 1. The van der Waals surface area contributed by atoms with E-state index in [1.807, 2.05) is 0 Å². The molecule has 3 rings (SSSR count). The summed E-state index contributed by atoms with van der Waals surface area (Å²) >= 11 is 0. The molecule has 1 N–H and O–H groups in total. The molecule has 2 nitrogen and oxygen atoms in total. The van der Waals surface area contributed by atoms with Gasteiger partial charge >= 0.3 is 0 Å². The molecule has 2 atom stereocenters. The van der Waals surface area contributed by atoms with E-state index in [1.165, 1.54) is 51.4 Å². The average molecular weight is 237 g/mol. The van der Waals surface area contributed by atoms with Crippen LogP contribution >= 0.6 is 0 Å². The number of hydrogen-bond acceptors (Lipinski definition) is 2. The lowest BCUT2D eigenvalue weighted by atomic mass is 9.72. The Kier molecular flexibility index (Phi) is 2.99. The first-order chi connectivity index (χ1) is 8.09. The Bertz CT molecular complexity index is 277. The summed E-state index contributed by atoms with van der Waals surface area (Å²) in [5.74, 6) is 0.796. The van der Waals surface area contributed by atoms with Crippen molar-refractivity contribution in [2.75, 3.05) is 6.61 Å². The van der Waals surface area contributed by atoms with Gasteiger partial charge in [0.25, 0.3) is 0 Å². The van der Waals surface area contributed by atoms with Crippen LogP contribution in [0.2, 0.25) is 0 Å². The normalized spacial score (nSPS) is 39.9. The van der Waals surface area contributed by atoms with Gasteiger partial charge in [-0.1, -0.05) is 26.7 Å². The van der Waals surface area contributed by atoms with Crippen molar-refractivity contribution in [2.24, 2.45) is 11.3 Å². The Morgan fingerprint density at radius 1 is 1.00 bits per heavy atom. The molecule has 0 radical (unpaired) electrons. The molecule has 2 saturated carbocycles. The van der Waals surface area contributed by atoms with Crippen LogP contribution in [0.4, 0.5) is 0 Å². The lowest BCUT2D eigenvalue weighted by Gasteiger charge is -2.51. The van der Waals surface area contributed by atoms with Crippen molar-refractivity contribution in [2.45, 2.75) is 77.0 Å². The maximum atomic E-state index is 6.26. The first kappa shape index (κ1) is 12.0. The largest absolute Gasteiger partial charge is 0.360 e. The molecule has 0 amide bonds. The highest BCUT2D eigenvalue weighted by molar-refractivity contribution is 4.96. The Labute approximate surface area is 105 Å². The van der Waals surface area contributed by atoms with Gasteiger partial charge in [-0.3, -0.25) is 5.32 Å². The molecular formula is C15H27NO. The number of rotatable bonds is 0. The smallest absolute Gasteiger partial charge is 0.119 e. The summed E-state index contributed by atoms with van der Waals surface area (Å²) in [4.78, 5) is 0. The van der Waals surface area contributed by atoms with Gasteiger partial charge in [-0.25, -0.2) is 0 Å². The highest BCUT2D eigenvalue weighted by Crippen LogP contribution is 2.44. The van der Waals surface area contributed by atoms with E-state index in [1.54, 1.807) is 0 Å². The van der Waals surface area contributed by atoms with Crippen molar-refractivity contribution in [3.05, 3.63) is 0 Å². The quantitative estimate of drug-likeness (QED) is 0.696. The van der Waals surface area contributed by atoms with Crippen LogP contribution in [0.5, 0.6) is 0 Å². The predicted molar refractivity (Wildman–Crippen MR) is 69.8 cm³/mol. The average Bonchev–Trinajstić information content (AvgIpc) is 2.34. The maximum Gasteiger partial charge on any atom is 0.119 e. The van der Waals surface area contributed by atoms with Crippen LogP contribution < -0.4 is 5.32 Å². The predicted octanol–water partition coefficient (Wildman–Crippen LogP) is 3.46. The molecule has 3 fully saturated rings.